The molecule has 1 N–H and O–H groups in total. The van der Waals surface area contributed by atoms with Gasteiger partial charge in [0.1, 0.15) is 5.78 Å². The second-order valence-electron chi connectivity index (χ2n) is 7.23. The number of fused-ring (bicyclic) bond motifs is 2. The Morgan fingerprint density at radius 1 is 0.897 bits per heavy atom. The molecule has 0 saturated carbocycles. The molecule has 1 aliphatic heterocycles. The maximum atomic E-state index is 13.0. The quantitative estimate of drug-likeness (QED) is 0.778. The molecule has 0 saturated heterocycles. The summed E-state index contributed by atoms with van der Waals surface area (Å²) in [4.78, 5) is 37.7. The van der Waals surface area contributed by atoms with Crippen LogP contribution < -0.4 is 10.2 Å². The standard InChI is InChI=1S/C24H26N2O3/c1-18(27)7-6-12-23(28)25-16-15-24(29)26-17-21-10-3-2-8-19(21)13-14-20-9-4-5-11-22(20)26/h2-5,8-11,13-14H,6-7,12,15-17H2,1H3,(H,25,28)/b14-13-. The van der Waals surface area contributed by atoms with Crippen LogP contribution in [0.4, 0.5) is 5.69 Å². The largest absolute Gasteiger partial charge is 0.356 e. The predicted molar refractivity (Wildman–Crippen MR) is 115 cm³/mol. The van der Waals surface area contributed by atoms with Gasteiger partial charge in [-0.15, -0.1) is 0 Å². The van der Waals surface area contributed by atoms with Gasteiger partial charge in [0, 0.05) is 25.8 Å². The van der Waals surface area contributed by atoms with Crippen molar-refractivity contribution in [3.63, 3.8) is 0 Å². The first-order chi connectivity index (χ1) is 14.0. The summed E-state index contributed by atoms with van der Waals surface area (Å²) in [5.41, 5.74) is 4.04. The molecule has 0 aromatic heterocycles. The highest BCUT2D eigenvalue weighted by Gasteiger charge is 2.20. The van der Waals surface area contributed by atoms with Crippen molar-refractivity contribution >= 4 is 35.4 Å². The molecular weight excluding hydrogens is 364 g/mol. The second kappa shape index (κ2) is 9.82. The fourth-order valence-corrected chi connectivity index (χ4v) is 3.40. The van der Waals surface area contributed by atoms with Gasteiger partial charge in [-0.25, -0.2) is 0 Å². The molecule has 5 heteroatoms. The molecule has 1 aliphatic rings. The highest BCUT2D eigenvalue weighted by Crippen LogP contribution is 2.29. The van der Waals surface area contributed by atoms with E-state index >= 15 is 0 Å². The molecule has 1 heterocycles. The molecule has 0 aliphatic carbocycles. The first-order valence-corrected chi connectivity index (χ1v) is 9.96. The lowest BCUT2D eigenvalue weighted by atomic mass is 10.0. The molecule has 29 heavy (non-hydrogen) atoms. The third-order valence-electron chi connectivity index (χ3n) is 4.95. The number of para-hydroxylation sites is 1. The van der Waals surface area contributed by atoms with E-state index in [0.29, 0.717) is 25.8 Å². The summed E-state index contributed by atoms with van der Waals surface area (Å²) in [5, 5.41) is 2.79. The van der Waals surface area contributed by atoms with Gasteiger partial charge in [-0.1, -0.05) is 54.6 Å². The fraction of sp³-hybridized carbons (Fsp3) is 0.292. The van der Waals surface area contributed by atoms with Crippen LogP contribution >= 0.6 is 0 Å². The van der Waals surface area contributed by atoms with Gasteiger partial charge in [0.15, 0.2) is 0 Å². The topological polar surface area (TPSA) is 66.5 Å². The monoisotopic (exact) mass is 390 g/mol. The molecule has 0 atom stereocenters. The average Bonchev–Trinajstić information content (AvgIpc) is 2.69. The molecule has 0 radical (unpaired) electrons. The van der Waals surface area contributed by atoms with E-state index in [9.17, 15) is 14.4 Å². The van der Waals surface area contributed by atoms with Gasteiger partial charge in [0.25, 0.3) is 0 Å². The average molecular weight is 390 g/mol. The third-order valence-corrected chi connectivity index (χ3v) is 4.95. The molecule has 2 aromatic rings. The van der Waals surface area contributed by atoms with E-state index in [2.05, 4.69) is 11.4 Å². The summed E-state index contributed by atoms with van der Waals surface area (Å²) in [6.07, 6.45) is 5.58. The molecule has 2 aromatic carbocycles. The number of hydrogen-bond donors (Lipinski definition) is 1. The number of rotatable bonds is 7. The van der Waals surface area contributed by atoms with Gasteiger partial charge in [-0.3, -0.25) is 9.59 Å². The van der Waals surface area contributed by atoms with Crippen LogP contribution in [0, 0.1) is 0 Å². The third kappa shape index (κ3) is 5.64. The number of anilines is 1. The molecule has 0 bridgehead atoms. The van der Waals surface area contributed by atoms with Crippen molar-refractivity contribution in [2.24, 2.45) is 0 Å². The number of amides is 2. The highest BCUT2D eigenvalue weighted by molar-refractivity contribution is 5.97. The summed E-state index contributed by atoms with van der Waals surface area (Å²) in [6, 6.07) is 15.9. The molecule has 0 fully saturated rings. The Morgan fingerprint density at radius 3 is 2.38 bits per heavy atom. The van der Waals surface area contributed by atoms with Crippen molar-refractivity contribution in [1.82, 2.24) is 5.32 Å². The lowest BCUT2D eigenvalue weighted by Crippen LogP contribution is -2.35. The molecule has 2 amide bonds. The predicted octanol–water partition coefficient (Wildman–Crippen LogP) is 3.97. The number of carbonyl (C=O) groups is 3. The Morgan fingerprint density at radius 2 is 1.59 bits per heavy atom. The van der Waals surface area contributed by atoms with Gasteiger partial charge in [-0.05, 0) is 36.1 Å². The minimum atomic E-state index is -0.125. The van der Waals surface area contributed by atoms with Gasteiger partial charge < -0.3 is 15.0 Å². The maximum absolute atomic E-state index is 13.0. The number of nitrogens with zero attached hydrogens (tertiary/aromatic N) is 1. The van der Waals surface area contributed by atoms with Gasteiger partial charge in [0.05, 0.1) is 12.2 Å². The van der Waals surface area contributed by atoms with Gasteiger partial charge >= 0.3 is 0 Å². The molecule has 0 spiro atoms. The lowest BCUT2D eigenvalue weighted by Gasteiger charge is -2.27. The van der Waals surface area contributed by atoms with Crippen molar-refractivity contribution in [2.75, 3.05) is 11.4 Å². The number of carbonyl (C=O) groups excluding carboxylic acids is 3. The second-order valence-corrected chi connectivity index (χ2v) is 7.23. The first kappa shape index (κ1) is 20.5. The molecule has 3 rings (SSSR count). The van der Waals surface area contributed by atoms with E-state index in [0.717, 1.165) is 22.4 Å². The SMILES string of the molecule is CC(=O)CCCC(=O)NCCC(=O)N1Cc2ccccc2/C=C\c2ccccc21. The number of benzene rings is 2. The summed E-state index contributed by atoms with van der Waals surface area (Å²) in [7, 11) is 0. The van der Waals surface area contributed by atoms with Crippen LogP contribution in [-0.2, 0) is 20.9 Å². The van der Waals surface area contributed by atoms with Crippen molar-refractivity contribution in [3.05, 3.63) is 65.2 Å². The fourth-order valence-electron chi connectivity index (χ4n) is 3.40. The Labute approximate surface area is 171 Å². The number of hydrogen-bond acceptors (Lipinski definition) is 3. The van der Waals surface area contributed by atoms with Crippen molar-refractivity contribution < 1.29 is 14.4 Å². The van der Waals surface area contributed by atoms with Crippen LogP contribution in [0.15, 0.2) is 48.5 Å². The smallest absolute Gasteiger partial charge is 0.229 e. The van der Waals surface area contributed by atoms with Crippen LogP contribution in [0.5, 0.6) is 0 Å². The molecular formula is C24H26N2O3. The summed E-state index contributed by atoms with van der Waals surface area (Å²) >= 11 is 0. The van der Waals surface area contributed by atoms with Crippen molar-refractivity contribution in [2.45, 2.75) is 39.2 Å². The highest BCUT2D eigenvalue weighted by atomic mass is 16.2. The van der Waals surface area contributed by atoms with Crippen LogP contribution in [0.1, 0.15) is 49.3 Å². The number of ketones is 1. The zero-order valence-corrected chi connectivity index (χ0v) is 16.7. The van der Waals surface area contributed by atoms with Crippen LogP contribution in [0.25, 0.3) is 12.2 Å². The zero-order chi connectivity index (χ0) is 20.6. The van der Waals surface area contributed by atoms with E-state index in [1.54, 1.807) is 4.90 Å². The van der Waals surface area contributed by atoms with Crippen LogP contribution in [0.2, 0.25) is 0 Å². The molecule has 5 nitrogen and oxygen atoms in total. The normalized spacial score (nSPS) is 13.5. The lowest BCUT2D eigenvalue weighted by molar-refractivity contribution is -0.121. The van der Waals surface area contributed by atoms with Crippen molar-refractivity contribution in [3.8, 4) is 0 Å². The summed E-state index contributed by atoms with van der Waals surface area (Å²) < 4.78 is 0. The number of Topliss-reactive ketones (excluding diaryl/α,β-unsaturated/α-hetero) is 1. The Hall–Kier alpha value is -3.21. The Bertz CT molecular complexity index is 933. The van der Waals surface area contributed by atoms with E-state index in [1.807, 2.05) is 54.6 Å². The Balaban J connectivity index is 1.67. The van der Waals surface area contributed by atoms with E-state index in [-0.39, 0.29) is 30.6 Å². The van der Waals surface area contributed by atoms with Crippen LogP contribution in [0.3, 0.4) is 0 Å². The molecule has 150 valence electrons. The maximum Gasteiger partial charge on any atom is 0.229 e. The minimum Gasteiger partial charge on any atom is -0.356 e. The van der Waals surface area contributed by atoms with Gasteiger partial charge in [-0.2, -0.15) is 0 Å². The Kier molecular flexibility index (Phi) is 6.95. The van der Waals surface area contributed by atoms with Crippen molar-refractivity contribution in [1.29, 1.82) is 0 Å². The van der Waals surface area contributed by atoms with Crippen LogP contribution in [-0.4, -0.2) is 24.1 Å². The zero-order valence-electron chi connectivity index (χ0n) is 16.7. The van der Waals surface area contributed by atoms with E-state index in [4.69, 9.17) is 0 Å². The summed E-state index contributed by atoms with van der Waals surface area (Å²) in [5.74, 6) is -0.0787. The number of nitrogens with one attached hydrogen (secondary N) is 1. The van der Waals surface area contributed by atoms with E-state index in [1.165, 1.54) is 6.92 Å². The molecule has 0 unspecified atom stereocenters. The summed E-state index contributed by atoms with van der Waals surface area (Å²) in [6.45, 7) is 2.29. The minimum absolute atomic E-state index is 0.0356. The van der Waals surface area contributed by atoms with Gasteiger partial charge in [0.2, 0.25) is 11.8 Å². The first-order valence-electron chi connectivity index (χ1n) is 9.96. The van der Waals surface area contributed by atoms with E-state index < -0.39 is 0 Å².